The van der Waals surface area contributed by atoms with Crippen LogP contribution in [0.5, 0.6) is 0 Å². The minimum Gasteiger partial charge on any atom is -0.311 e. The molecule has 2 aromatic rings. The van der Waals surface area contributed by atoms with E-state index in [4.69, 9.17) is 4.98 Å². The Bertz CT molecular complexity index is 526. The Kier molecular flexibility index (Phi) is 4.45. The molecule has 0 aromatic carbocycles. The van der Waals surface area contributed by atoms with Gasteiger partial charge in [-0.2, -0.15) is 0 Å². The molecule has 0 radical (unpaired) electrons. The summed E-state index contributed by atoms with van der Waals surface area (Å²) in [7, 11) is 0. The molecule has 0 atom stereocenters. The maximum atomic E-state index is 4.82. The molecule has 3 nitrogen and oxygen atoms in total. The molecule has 2 heterocycles. The van der Waals surface area contributed by atoms with Gasteiger partial charge in [-0.25, -0.2) is 4.98 Å². The molecule has 0 amide bonds. The number of imidazole rings is 1. The number of aromatic nitrogens is 2. The van der Waals surface area contributed by atoms with Crippen LogP contribution in [-0.4, -0.2) is 21.2 Å². The van der Waals surface area contributed by atoms with Crippen molar-refractivity contribution >= 4 is 28.1 Å². The highest BCUT2D eigenvalue weighted by atomic mass is 32.2. The van der Waals surface area contributed by atoms with Crippen molar-refractivity contribution in [3.8, 4) is 0 Å². The van der Waals surface area contributed by atoms with Crippen LogP contribution in [0, 0.1) is 0 Å². The van der Waals surface area contributed by atoms with Gasteiger partial charge < -0.3 is 5.32 Å². The smallest absolute Gasteiger partial charge is 0.194 e. The molecule has 0 spiro atoms. The molecule has 3 rings (SSSR count). The number of thioether (sulfide) groups is 1. The summed E-state index contributed by atoms with van der Waals surface area (Å²) in [5.74, 6) is 0. The van der Waals surface area contributed by atoms with Crippen LogP contribution in [0.1, 0.15) is 44.7 Å². The minimum atomic E-state index is 0.777. The lowest BCUT2D eigenvalue weighted by Gasteiger charge is -2.20. The van der Waals surface area contributed by atoms with Crippen molar-refractivity contribution in [3.63, 3.8) is 0 Å². The maximum Gasteiger partial charge on any atom is 0.194 e. The van der Waals surface area contributed by atoms with Crippen molar-refractivity contribution < 1.29 is 0 Å². The highest BCUT2D eigenvalue weighted by molar-refractivity contribution is 7.99. The van der Waals surface area contributed by atoms with Crippen LogP contribution in [0.25, 0.3) is 4.96 Å². The molecule has 0 unspecified atom stereocenters. The van der Waals surface area contributed by atoms with Gasteiger partial charge in [-0.15, -0.1) is 23.1 Å². The fourth-order valence-electron chi connectivity index (χ4n) is 2.65. The molecular formula is C14H21N3S2. The van der Waals surface area contributed by atoms with Gasteiger partial charge in [-0.1, -0.05) is 26.2 Å². The number of rotatable bonds is 5. The van der Waals surface area contributed by atoms with E-state index in [1.165, 1.54) is 42.8 Å². The fraction of sp³-hybridized carbons (Fsp3) is 0.643. The zero-order valence-electron chi connectivity index (χ0n) is 11.4. The number of nitrogens with one attached hydrogen (secondary N) is 1. The van der Waals surface area contributed by atoms with E-state index in [0.717, 1.165) is 23.3 Å². The Hall–Kier alpha value is -0.520. The molecule has 19 heavy (non-hydrogen) atoms. The number of hydrogen-bond donors (Lipinski definition) is 1. The van der Waals surface area contributed by atoms with Gasteiger partial charge in [0.2, 0.25) is 0 Å². The van der Waals surface area contributed by atoms with Gasteiger partial charge in [-0.3, -0.25) is 4.40 Å². The van der Waals surface area contributed by atoms with E-state index in [1.807, 2.05) is 11.8 Å². The first-order chi connectivity index (χ1) is 9.38. The monoisotopic (exact) mass is 295 g/mol. The molecule has 1 N–H and O–H groups in total. The number of fused-ring (bicyclic) bond motifs is 1. The third-order valence-corrected chi connectivity index (χ3v) is 5.81. The average Bonchev–Trinajstić information content (AvgIpc) is 2.99. The summed E-state index contributed by atoms with van der Waals surface area (Å²) in [5, 5.41) is 7.58. The summed E-state index contributed by atoms with van der Waals surface area (Å²) in [6.45, 7) is 4.08. The van der Waals surface area contributed by atoms with Gasteiger partial charge in [0.05, 0.1) is 5.69 Å². The molecule has 1 saturated carbocycles. The van der Waals surface area contributed by atoms with Crippen molar-refractivity contribution in [2.75, 3.05) is 6.54 Å². The number of nitrogens with zero attached hydrogens (tertiary/aromatic N) is 2. The van der Waals surface area contributed by atoms with Crippen molar-refractivity contribution in [2.45, 2.75) is 55.8 Å². The van der Waals surface area contributed by atoms with Crippen molar-refractivity contribution in [3.05, 3.63) is 17.3 Å². The third-order valence-electron chi connectivity index (χ3n) is 3.70. The number of thiazole rings is 1. The average molecular weight is 295 g/mol. The lowest BCUT2D eigenvalue weighted by molar-refractivity contribution is 0.515. The van der Waals surface area contributed by atoms with Gasteiger partial charge in [0, 0.05) is 23.4 Å². The first kappa shape index (κ1) is 13.5. The van der Waals surface area contributed by atoms with E-state index in [0.29, 0.717) is 0 Å². The Balaban J connectivity index is 1.81. The SMILES string of the molecule is CCNCc1c(SC2CCCCC2)nc2sccn12. The van der Waals surface area contributed by atoms with E-state index in [2.05, 4.69) is 28.2 Å². The van der Waals surface area contributed by atoms with Crippen LogP contribution < -0.4 is 5.32 Å². The van der Waals surface area contributed by atoms with E-state index in [9.17, 15) is 0 Å². The highest BCUT2D eigenvalue weighted by Gasteiger charge is 2.20. The van der Waals surface area contributed by atoms with Gasteiger partial charge >= 0.3 is 0 Å². The zero-order chi connectivity index (χ0) is 13.1. The van der Waals surface area contributed by atoms with Crippen molar-refractivity contribution in [2.24, 2.45) is 0 Å². The van der Waals surface area contributed by atoms with E-state index in [1.54, 1.807) is 11.3 Å². The predicted octanol–water partition coefficient (Wildman–Crippen LogP) is 3.93. The first-order valence-corrected chi connectivity index (χ1v) is 8.96. The number of hydrogen-bond acceptors (Lipinski definition) is 4. The Morgan fingerprint density at radius 1 is 1.42 bits per heavy atom. The van der Waals surface area contributed by atoms with Crippen LogP contribution in [-0.2, 0) is 6.54 Å². The molecule has 0 saturated heterocycles. The minimum absolute atomic E-state index is 0.777. The van der Waals surface area contributed by atoms with Gasteiger partial charge in [-0.05, 0) is 19.4 Å². The molecule has 2 aromatic heterocycles. The Labute approximate surface area is 122 Å². The molecule has 1 aliphatic carbocycles. The van der Waals surface area contributed by atoms with Gasteiger partial charge in [0.15, 0.2) is 4.96 Å². The summed E-state index contributed by atoms with van der Waals surface area (Å²) in [5.41, 5.74) is 1.34. The van der Waals surface area contributed by atoms with Crippen LogP contribution in [0.4, 0.5) is 0 Å². The molecule has 0 bridgehead atoms. The normalized spacial score (nSPS) is 17.3. The quantitative estimate of drug-likeness (QED) is 0.906. The van der Waals surface area contributed by atoms with Crippen molar-refractivity contribution in [1.82, 2.24) is 14.7 Å². The summed E-state index contributed by atoms with van der Waals surface area (Å²) in [6, 6.07) is 0. The molecule has 0 aliphatic heterocycles. The summed E-state index contributed by atoms with van der Waals surface area (Å²) in [6.07, 6.45) is 9.06. The summed E-state index contributed by atoms with van der Waals surface area (Å²) >= 11 is 3.74. The molecule has 104 valence electrons. The third kappa shape index (κ3) is 2.98. The van der Waals surface area contributed by atoms with Gasteiger partial charge in [0.1, 0.15) is 5.03 Å². The molecular weight excluding hydrogens is 274 g/mol. The molecule has 1 aliphatic rings. The zero-order valence-corrected chi connectivity index (χ0v) is 13.0. The Morgan fingerprint density at radius 2 is 2.26 bits per heavy atom. The van der Waals surface area contributed by atoms with Crippen LogP contribution in [0.15, 0.2) is 16.6 Å². The molecule has 1 fully saturated rings. The largest absolute Gasteiger partial charge is 0.311 e. The van der Waals surface area contributed by atoms with Crippen LogP contribution >= 0.6 is 23.1 Å². The lowest BCUT2D eigenvalue weighted by atomic mass is 10.0. The van der Waals surface area contributed by atoms with Crippen LogP contribution in [0.3, 0.4) is 0 Å². The van der Waals surface area contributed by atoms with E-state index >= 15 is 0 Å². The second-order valence-electron chi connectivity index (χ2n) is 5.08. The second kappa shape index (κ2) is 6.29. The van der Waals surface area contributed by atoms with E-state index in [-0.39, 0.29) is 0 Å². The molecule has 5 heteroatoms. The van der Waals surface area contributed by atoms with Crippen LogP contribution in [0.2, 0.25) is 0 Å². The lowest BCUT2D eigenvalue weighted by Crippen LogP contribution is -2.14. The second-order valence-corrected chi connectivity index (χ2v) is 7.24. The maximum absolute atomic E-state index is 4.82. The Morgan fingerprint density at radius 3 is 3.05 bits per heavy atom. The predicted molar refractivity (Wildman–Crippen MR) is 83.2 cm³/mol. The van der Waals surface area contributed by atoms with Gasteiger partial charge in [0.25, 0.3) is 0 Å². The van der Waals surface area contributed by atoms with Crippen molar-refractivity contribution in [1.29, 1.82) is 0 Å². The fourth-order valence-corrected chi connectivity index (χ4v) is 4.77. The summed E-state index contributed by atoms with van der Waals surface area (Å²) in [4.78, 5) is 5.95. The highest BCUT2D eigenvalue weighted by Crippen LogP contribution is 2.35. The van der Waals surface area contributed by atoms with E-state index < -0.39 is 0 Å². The topological polar surface area (TPSA) is 29.3 Å². The summed E-state index contributed by atoms with van der Waals surface area (Å²) < 4.78 is 2.25. The first-order valence-electron chi connectivity index (χ1n) is 7.20. The standard InChI is InChI=1S/C14H21N3S2/c1-2-15-10-12-13(16-14-17(12)8-9-18-14)19-11-6-4-3-5-7-11/h8-9,11,15H,2-7,10H2,1H3.